The van der Waals surface area contributed by atoms with Crippen molar-refractivity contribution in [3.8, 4) is 22.8 Å². The van der Waals surface area contributed by atoms with E-state index in [-0.39, 0.29) is 0 Å². The Kier molecular flexibility index (Phi) is 5.46. The molecule has 168 valence electrons. The molecule has 5 nitrogen and oxygen atoms in total. The average Bonchev–Trinajstić information content (AvgIpc) is 3.19. The van der Waals surface area contributed by atoms with E-state index in [4.69, 9.17) is 4.42 Å². The number of aromatic nitrogens is 3. The fraction of sp³-hybridized carbons (Fsp3) is 0.240. The highest BCUT2D eigenvalue weighted by molar-refractivity contribution is 5.56. The molecule has 8 heteroatoms. The Hall–Kier alpha value is -3.52. The second kappa shape index (κ2) is 8.44. The van der Waals surface area contributed by atoms with E-state index in [2.05, 4.69) is 19.9 Å². The molecule has 0 unspecified atom stereocenters. The summed E-state index contributed by atoms with van der Waals surface area (Å²) < 4.78 is 44.3. The van der Waals surface area contributed by atoms with E-state index < -0.39 is 11.7 Å². The maximum absolute atomic E-state index is 12.8. The van der Waals surface area contributed by atoms with Gasteiger partial charge in [-0.05, 0) is 31.2 Å². The van der Waals surface area contributed by atoms with Gasteiger partial charge in [0.2, 0.25) is 5.89 Å². The van der Waals surface area contributed by atoms with Gasteiger partial charge in [0.05, 0.1) is 17.0 Å². The highest BCUT2D eigenvalue weighted by Crippen LogP contribution is 2.31. The number of nitrogens with zero attached hydrogens (tertiary/aromatic N) is 4. The molecule has 3 heterocycles. The number of halogens is 3. The van der Waals surface area contributed by atoms with Gasteiger partial charge < -0.3 is 4.42 Å². The zero-order valence-corrected chi connectivity index (χ0v) is 17.9. The molecular weight excluding hydrogens is 429 g/mol. The number of rotatable bonds is 4. The van der Waals surface area contributed by atoms with E-state index in [0.717, 1.165) is 53.4 Å². The Morgan fingerprint density at radius 3 is 2.45 bits per heavy atom. The van der Waals surface area contributed by atoms with E-state index in [0.29, 0.717) is 30.4 Å². The van der Waals surface area contributed by atoms with Crippen molar-refractivity contribution in [1.82, 2.24) is 19.9 Å². The van der Waals surface area contributed by atoms with Gasteiger partial charge in [0.25, 0.3) is 0 Å². The Morgan fingerprint density at radius 1 is 0.970 bits per heavy atom. The van der Waals surface area contributed by atoms with Crippen LogP contribution in [-0.2, 0) is 25.7 Å². The van der Waals surface area contributed by atoms with E-state index in [9.17, 15) is 13.2 Å². The molecule has 1 aliphatic rings. The molecule has 0 saturated carbocycles. The fourth-order valence-corrected chi connectivity index (χ4v) is 3.95. The first-order valence-electron chi connectivity index (χ1n) is 10.6. The summed E-state index contributed by atoms with van der Waals surface area (Å²) in [7, 11) is 0. The molecule has 0 fully saturated rings. The van der Waals surface area contributed by atoms with Gasteiger partial charge in [-0.15, -0.1) is 0 Å². The highest BCUT2D eigenvalue weighted by Gasteiger charge is 2.30. The van der Waals surface area contributed by atoms with Crippen LogP contribution in [0.5, 0.6) is 0 Å². The molecule has 0 atom stereocenters. The van der Waals surface area contributed by atoms with E-state index >= 15 is 0 Å². The van der Waals surface area contributed by atoms with Gasteiger partial charge in [0.1, 0.15) is 5.76 Å². The standard InChI is InChI=1S/C25H21F3N4O/c1-16-22(31-24(33-16)18-5-3-2-4-6-18)15-32-12-11-21-19(14-32)13-29-23(30-21)17-7-9-20(10-8-17)25(26,27)28/h2-10,13H,11-12,14-15H2,1H3. The largest absolute Gasteiger partial charge is 0.441 e. The Balaban J connectivity index is 1.30. The molecule has 5 rings (SSSR count). The van der Waals surface area contributed by atoms with E-state index in [1.807, 2.05) is 37.3 Å². The van der Waals surface area contributed by atoms with Crippen LogP contribution in [-0.4, -0.2) is 26.4 Å². The van der Waals surface area contributed by atoms with Crippen molar-refractivity contribution in [1.29, 1.82) is 0 Å². The monoisotopic (exact) mass is 450 g/mol. The number of hydrogen-bond donors (Lipinski definition) is 0. The third-order valence-corrected chi connectivity index (χ3v) is 5.77. The predicted molar refractivity (Wildman–Crippen MR) is 117 cm³/mol. The molecule has 33 heavy (non-hydrogen) atoms. The van der Waals surface area contributed by atoms with Crippen LogP contribution in [0, 0.1) is 6.92 Å². The first-order valence-corrected chi connectivity index (χ1v) is 10.6. The summed E-state index contributed by atoms with van der Waals surface area (Å²) in [5.74, 6) is 1.86. The maximum atomic E-state index is 12.8. The average molecular weight is 450 g/mol. The van der Waals surface area contributed by atoms with Crippen LogP contribution in [0.15, 0.2) is 65.2 Å². The number of benzene rings is 2. The molecule has 1 aliphatic heterocycles. The zero-order chi connectivity index (χ0) is 23.0. The van der Waals surface area contributed by atoms with Crippen molar-refractivity contribution in [2.75, 3.05) is 6.54 Å². The molecule has 0 spiro atoms. The van der Waals surface area contributed by atoms with Crippen molar-refractivity contribution in [2.24, 2.45) is 0 Å². The molecule has 0 amide bonds. The molecule has 0 N–H and O–H groups in total. The minimum atomic E-state index is -4.36. The maximum Gasteiger partial charge on any atom is 0.416 e. The predicted octanol–water partition coefficient (Wildman–Crippen LogP) is 5.68. The SMILES string of the molecule is Cc1oc(-c2ccccc2)nc1CN1CCc2nc(-c3ccc(C(F)(F)F)cc3)ncc2C1. The quantitative estimate of drug-likeness (QED) is 0.400. The van der Waals surface area contributed by atoms with Crippen LogP contribution < -0.4 is 0 Å². The number of fused-ring (bicyclic) bond motifs is 1. The van der Waals surface area contributed by atoms with Gasteiger partial charge >= 0.3 is 6.18 Å². The van der Waals surface area contributed by atoms with Gasteiger partial charge in [0, 0.05) is 48.9 Å². The first-order chi connectivity index (χ1) is 15.9. The fourth-order valence-electron chi connectivity index (χ4n) is 3.95. The smallest absolute Gasteiger partial charge is 0.416 e. The number of hydrogen-bond acceptors (Lipinski definition) is 5. The minimum absolute atomic E-state index is 0.441. The third-order valence-electron chi connectivity index (χ3n) is 5.77. The summed E-state index contributed by atoms with van der Waals surface area (Å²) in [6.07, 6.45) is -1.86. The lowest BCUT2D eigenvalue weighted by molar-refractivity contribution is -0.137. The van der Waals surface area contributed by atoms with Crippen LogP contribution in [0.25, 0.3) is 22.8 Å². The normalized spacial score (nSPS) is 14.3. The van der Waals surface area contributed by atoms with Gasteiger partial charge in [-0.1, -0.05) is 30.3 Å². The second-order valence-corrected chi connectivity index (χ2v) is 8.09. The van der Waals surface area contributed by atoms with Gasteiger partial charge in [0.15, 0.2) is 5.82 Å². The molecule has 2 aromatic carbocycles. The number of alkyl halides is 3. The Labute approximate surface area is 188 Å². The lowest BCUT2D eigenvalue weighted by Crippen LogP contribution is -2.31. The van der Waals surface area contributed by atoms with Crippen LogP contribution in [0.3, 0.4) is 0 Å². The number of aryl methyl sites for hydroxylation is 1. The summed E-state index contributed by atoms with van der Waals surface area (Å²) in [4.78, 5) is 16.0. The number of oxazole rings is 1. The Morgan fingerprint density at radius 2 is 1.73 bits per heavy atom. The van der Waals surface area contributed by atoms with Crippen molar-refractivity contribution in [3.63, 3.8) is 0 Å². The molecular formula is C25H21F3N4O. The van der Waals surface area contributed by atoms with Crippen molar-refractivity contribution in [3.05, 3.63) is 89.1 Å². The summed E-state index contributed by atoms with van der Waals surface area (Å²) in [5.41, 5.74) is 3.68. The van der Waals surface area contributed by atoms with E-state index in [1.54, 1.807) is 6.20 Å². The summed E-state index contributed by atoms with van der Waals surface area (Å²) in [6, 6.07) is 14.7. The minimum Gasteiger partial charge on any atom is -0.441 e. The van der Waals surface area contributed by atoms with Gasteiger partial charge in [-0.3, -0.25) is 4.90 Å². The second-order valence-electron chi connectivity index (χ2n) is 8.09. The van der Waals surface area contributed by atoms with Crippen molar-refractivity contribution in [2.45, 2.75) is 32.6 Å². The van der Waals surface area contributed by atoms with Crippen LogP contribution >= 0.6 is 0 Å². The first kappa shape index (κ1) is 21.3. The molecule has 0 bridgehead atoms. The molecule has 2 aromatic heterocycles. The Bertz CT molecular complexity index is 1270. The van der Waals surface area contributed by atoms with Crippen LogP contribution in [0.1, 0.15) is 28.3 Å². The van der Waals surface area contributed by atoms with E-state index in [1.165, 1.54) is 12.1 Å². The molecule has 0 aliphatic carbocycles. The van der Waals surface area contributed by atoms with Crippen molar-refractivity contribution >= 4 is 0 Å². The molecule has 0 radical (unpaired) electrons. The zero-order valence-electron chi connectivity index (χ0n) is 17.9. The summed E-state index contributed by atoms with van der Waals surface area (Å²) in [5, 5.41) is 0. The van der Waals surface area contributed by atoms with Crippen LogP contribution in [0.4, 0.5) is 13.2 Å². The van der Waals surface area contributed by atoms with Gasteiger partial charge in [-0.2, -0.15) is 13.2 Å². The van der Waals surface area contributed by atoms with Crippen LogP contribution in [0.2, 0.25) is 0 Å². The summed E-state index contributed by atoms with van der Waals surface area (Å²) in [6.45, 7) is 4.05. The molecule has 0 saturated heterocycles. The third kappa shape index (κ3) is 4.52. The lowest BCUT2D eigenvalue weighted by atomic mass is 10.1. The molecule has 4 aromatic rings. The van der Waals surface area contributed by atoms with Gasteiger partial charge in [-0.25, -0.2) is 15.0 Å². The topological polar surface area (TPSA) is 55.1 Å². The highest BCUT2D eigenvalue weighted by atomic mass is 19.4. The summed E-state index contributed by atoms with van der Waals surface area (Å²) >= 11 is 0. The van der Waals surface area contributed by atoms with Crippen molar-refractivity contribution < 1.29 is 17.6 Å². The lowest BCUT2D eigenvalue weighted by Gasteiger charge is -2.27.